The average molecular weight is 261 g/mol. The van der Waals surface area contributed by atoms with Crippen molar-refractivity contribution in [1.82, 2.24) is 4.90 Å². The summed E-state index contributed by atoms with van der Waals surface area (Å²) in [5.41, 5.74) is 0. The third-order valence-corrected chi connectivity index (χ3v) is 4.27. The Balaban J connectivity index is 4.37. The van der Waals surface area contributed by atoms with Gasteiger partial charge in [0.05, 0.1) is 6.17 Å². The second kappa shape index (κ2) is 9.18. The van der Waals surface area contributed by atoms with Crippen LogP contribution in [-0.4, -0.2) is 45.4 Å². The number of nitrogens with zero attached hydrogens (tertiary/aromatic N) is 1. The number of hydrogen-bond donors (Lipinski definition) is 0. The van der Waals surface area contributed by atoms with E-state index in [0.717, 1.165) is 13.1 Å². The highest BCUT2D eigenvalue weighted by atomic mass is 28.3. The molecular weight excluding hydrogens is 238 g/mol. The van der Waals surface area contributed by atoms with Gasteiger partial charge in [-0.1, -0.05) is 27.7 Å². The summed E-state index contributed by atoms with van der Waals surface area (Å²) in [5, 5.41) is 0. The molecule has 100 valence electrons. The number of carbonyl (C=O) groups excluding carboxylic acids is 2. The fourth-order valence-electron chi connectivity index (χ4n) is 1.25. The molecule has 0 unspecified atom stereocenters. The zero-order valence-electron chi connectivity index (χ0n) is 11.2. The minimum Gasteiger partial charge on any atom is -0.486 e. The van der Waals surface area contributed by atoms with Crippen LogP contribution < -0.4 is 0 Å². The molecule has 17 heavy (non-hydrogen) atoms. The summed E-state index contributed by atoms with van der Waals surface area (Å²) in [6, 6.07) is 0. The van der Waals surface area contributed by atoms with Gasteiger partial charge in [0.15, 0.2) is 0 Å². The standard InChI is InChI=1S/C11H23NO4Si/c1-5-10(13)15-17(16-11(14)6-2)9-12(7-3)8-4/h17H,5-9H2,1-4H3. The molecule has 0 aromatic carbocycles. The van der Waals surface area contributed by atoms with Crippen molar-refractivity contribution in [2.45, 2.75) is 40.5 Å². The number of carbonyl (C=O) groups is 2. The molecule has 0 heterocycles. The molecule has 0 radical (unpaired) electrons. The van der Waals surface area contributed by atoms with Crippen LogP contribution >= 0.6 is 0 Å². The van der Waals surface area contributed by atoms with Crippen LogP contribution in [0.15, 0.2) is 0 Å². The van der Waals surface area contributed by atoms with Gasteiger partial charge in [-0.25, -0.2) is 0 Å². The van der Waals surface area contributed by atoms with Crippen LogP contribution in [0, 0.1) is 0 Å². The van der Waals surface area contributed by atoms with Crippen molar-refractivity contribution in [3.05, 3.63) is 0 Å². The Hall–Kier alpha value is -0.883. The summed E-state index contributed by atoms with van der Waals surface area (Å²) < 4.78 is 10.4. The van der Waals surface area contributed by atoms with E-state index in [0.29, 0.717) is 19.0 Å². The van der Waals surface area contributed by atoms with Gasteiger partial charge >= 0.3 is 9.28 Å². The van der Waals surface area contributed by atoms with E-state index in [4.69, 9.17) is 8.85 Å². The van der Waals surface area contributed by atoms with E-state index in [2.05, 4.69) is 4.90 Å². The van der Waals surface area contributed by atoms with E-state index in [9.17, 15) is 9.59 Å². The molecule has 0 N–H and O–H groups in total. The summed E-state index contributed by atoms with van der Waals surface area (Å²) in [5.74, 6) is -0.588. The second-order valence-corrected chi connectivity index (χ2v) is 5.30. The third kappa shape index (κ3) is 7.12. The van der Waals surface area contributed by atoms with Crippen molar-refractivity contribution < 1.29 is 18.4 Å². The highest BCUT2D eigenvalue weighted by Crippen LogP contribution is 2.00. The third-order valence-electron chi connectivity index (χ3n) is 2.40. The lowest BCUT2D eigenvalue weighted by Crippen LogP contribution is -2.41. The Kier molecular flexibility index (Phi) is 8.70. The first-order valence-corrected chi connectivity index (χ1v) is 7.94. The van der Waals surface area contributed by atoms with Crippen molar-refractivity contribution in [2.24, 2.45) is 0 Å². The normalized spacial score (nSPS) is 10.7. The smallest absolute Gasteiger partial charge is 0.462 e. The van der Waals surface area contributed by atoms with Gasteiger partial charge in [-0.2, -0.15) is 0 Å². The molecule has 0 aromatic heterocycles. The SMILES string of the molecule is CCC(=O)O[SiH](CN(CC)CC)OC(=O)CC. The Labute approximate surface area is 105 Å². The lowest BCUT2D eigenvalue weighted by molar-refractivity contribution is -0.140. The maximum Gasteiger partial charge on any atom is 0.462 e. The summed E-state index contributed by atoms with van der Waals surface area (Å²) in [4.78, 5) is 24.6. The first kappa shape index (κ1) is 16.1. The Morgan fingerprint density at radius 2 is 1.35 bits per heavy atom. The van der Waals surface area contributed by atoms with Gasteiger partial charge in [-0.05, 0) is 13.1 Å². The molecule has 0 amide bonds. The second-order valence-electron chi connectivity index (χ2n) is 3.60. The Bertz CT molecular complexity index is 226. The Morgan fingerprint density at radius 3 is 1.65 bits per heavy atom. The molecule has 5 nitrogen and oxygen atoms in total. The van der Waals surface area contributed by atoms with Crippen molar-refractivity contribution in [3.63, 3.8) is 0 Å². The van der Waals surface area contributed by atoms with Gasteiger partial charge in [0, 0.05) is 12.8 Å². The van der Waals surface area contributed by atoms with Crippen LogP contribution in [-0.2, 0) is 18.4 Å². The maximum absolute atomic E-state index is 11.3. The lowest BCUT2D eigenvalue weighted by atomic mass is 10.5. The molecule has 0 aliphatic rings. The van der Waals surface area contributed by atoms with E-state index in [1.807, 2.05) is 13.8 Å². The molecule has 0 aliphatic heterocycles. The lowest BCUT2D eigenvalue weighted by Gasteiger charge is -2.23. The molecule has 6 heteroatoms. The summed E-state index contributed by atoms with van der Waals surface area (Å²) in [6.07, 6.45) is 1.18. The molecule has 0 rings (SSSR count). The van der Waals surface area contributed by atoms with Crippen LogP contribution in [0.3, 0.4) is 0 Å². The predicted molar refractivity (Wildman–Crippen MR) is 67.7 cm³/mol. The van der Waals surface area contributed by atoms with Crippen molar-refractivity contribution in [1.29, 1.82) is 0 Å². The first-order valence-electron chi connectivity index (χ1n) is 6.18. The molecule has 0 fully saturated rings. The van der Waals surface area contributed by atoms with Gasteiger partial charge in [-0.15, -0.1) is 0 Å². The van der Waals surface area contributed by atoms with Gasteiger partial charge in [0.1, 0.15) is 0 Å². The van der Waals surface area contributed by atoms with Gasteiger partial charge in [0.2, 0.25) is 0 Å². The van der Waals surface area contributed by atoms with Crippen molar-refractivity contribution in [3.8, 4) is 0 Å². The zero-order chi connectivity index (χ0) is 13.3. The van der Waals surface area contributed by atoms with Crippen LogP contribution in [0.1, 0.15) is 40.5 Å². The van der Waals surface area contributed by atoms with E-state index in [-0.39, 0.29) is 11.9 Å². The van der Waals surface area contributed by atoms with Gasteiger partial charge in [0.25, 0.3) is 11.9 Å². The highest BCUT2D eigenvalue weighted by Gasteiger charge is 2.24. The van der Waals surface area contributed by atoms with Crippen LogP contribution in [0.2, 0.25) is 0 Å². The minimum absolute atomic E-state index is 0.294. The quantitative estimate of drug-likeness (QED) is 0.610. The maximum atomic E-state index is 11.3. The molecule has 0 bridgehead atoms. The van der Waals surface area contributed by atoms with E-state index in [1.165, 1.54) is 0 Å². The largest absolute Gasteiger partial charge is 0.486 e. The van der Waals surface area contributed by atoms with E-state index >= 15 is 0 Å². The number of hydrogen-bond acceptors (Lipinski definition) is 5. The van der Waals surface area contributed by atoms with Gasteiger partial charge < -0.3 is 13.8 Å². The fourth-order valence-corrected chi connectivity index (χ4v) is 3.31. The predicted octanol–water partition coefficient (Wildman–Crippen LogP) is 0.994. The van der Waals surface area contributed by atoms with E-state index in [1.54, 1.807) is 13.8 Å². The topological polar surface area (TPSA) is 55.8 Å². The molecule has 0 aromatic rings. The first-order chi connectivity index (χ1) is 8.07. The summed E-state index contributed by atoms with van der Waals surface area (Å²) >= 11 is 0. The molecule has 0 spiro atoms. The highest BCUT2D eigenvalue weighted by molar-refractivity contribution is 6.49. The van der Waals surface area contributed by atoms with Crippen LogP contribution in [0.4, 0.5) is 0 Å². The monoisotopic (exact) mass is 261 g/mol. The Morgan fingerprint density at radius 1 is 0.941 bits per heavy atom. The molecule has 0 saturated heterocycles. The van der Waals surface area contributed by atoms with Crippen molar-refractivity contribution >= 4 is 21.2 Å². The number of rotatable bonds is 8. The molecular formula is C11H23NO4Si. The zero-order valence-corrected chi connectivity index (χ0v) is 12.3. The molecule has 0 aliphatic carbocycles. The van der Waals surface area contributed by atoms with Crippen molar-refractivity contribution in [2.75, 3.05) is 19.3 Å². The minimum atomic E-state index is -2.25. The van der Waals surface area contributed by atoms with Gasteiger partial charge in [-0.3, -0.25) is 9.59 Å². The molecule has 0 saturated carbocycles. The fraction of sp³-hybridized carbons (Fsp3) is 0.818. The van der Waals surface area contributed by atoms with Crippen LogP contribution in [0.5, 0.6) is 0 Å². The average Bonchev–Trinajstić information content (AvgIpc) is 2.34. The summed E-state index contributed by atoms with van der Waals surface area (Å²) in [7, 11) is -2.25. The summed E-state index contributed by atoms with van der Waals surface area (Å²) in [6.45, 7) is 9.22. The molecule has 0 atom stereocenters. The van der Waals surface area contributed by atoms with E-state index < -0.39 is 9.28 Å². The van der Waals surface area contributed by atoms with Crippen LogP contribution in [0.25, 0.3) is 0 Å².